The smallest absolute Gasteiger partial charge is 0.330 e. The summed E-state index contributed by atoms with van der Waals surface area (Å²) in [5, 5.41) is 20.4. The van der Waals surface area contributed by atoms with Crippen molar-refractivity contribution in [3.05, 3.63) is 47.0 Å². The molecule has 1 aromatic carbocycles. The van der Waals surface area contributed by atoms with Gasteiger partial charge in [0.25, 0.3) is 0 Å². The maximum Gasteiger partial charge on any atom is 0.330 e. The Morgan fingerprint density at radius 3 is 3.00 bits per heavy atom. The van der Waals surface area contributed by atoms with Crippen LogP contribution in [0.4, 0.5) is 0 Å². The Morgan fingerprint density at radius 2 is 2.35 bits per heavy atom. The number of rotatable bonds is 5. The lowest BCUT2D eigenvalue weighted by molar-refractivity contribution is -0.132. The molecular formula is C13H14N2O2. The van der Waals surface area contributed by atoms with E-state index in [2.05, 4.69) is 11.4 Å². The zero-order chi connectivity index (χ0) is 12.7. The summed E-state index contributed by atoms with van der Waals surface area (Å²) in [6.45, 7) is 2.66. The summed E-state index contributed by atoms with van der Waals surface area (Å²) in [4.78, 5) is 10.5. The first kappa shape index (κ1) is 12.9. The molecule has 0 heterocycles. The molecule has 17 heavy (non-hydrogen) atoms. The Morgan fingerprint density at radius 1 is 1.59 bits per heavy atom. The quantitative estimate of drug-likeness (QED) is 0.596. The topological polar surface area (TPSA) is 73.1 Å². The van der Waals surface area contributed by atoms with Gasteiger partial charge in [0.05, 0.1) is 11.6 Å². The lowest BCUT2D eigenvalue weighted by Crippen LogP contribution is -2.14. The van der Waals surface area contributed by atoms with E-state index in [9.17, 15) is 4.79 Å². The fraction of sp³-hybridized carbons (Fsp3) is 0.231. The van der Waals surface area contributed by atoms with Gasteiger partial charge in [-0.1, -0.05) is 18.2 Å². The van der Waals surface area contributed by atoms with Crippen LogP contribution in [0.2, 0.25) is 0 Å². The van der Waals surface area contributed by atoms with Crippen LogP contribution in [0, 0.1) is 11.3 Å². The number of carbonyl (C=O) groups is 1. The van der Waals surface area contributed by atoms with Gasteiger partial charge in [0.2, 0.25) is 0 Å². The van der Waals surface area contributed by atoms with E-state index in [1.165, 1.54) is 0 Å². The Kier molecular flexibility index (Phi) is 4.92. The lowest BCUT2D eigenvalue weighted by Gasteiger charge is -2.02. The van der Waals surface area contributed by atoms with Crippen molar-refractivity contribution in [1.29, 1.82) is 5.26 Å². The molecule has 0 saturated heterocycles. The van der Waals surface area contributed by atoms with Gasteiger partial charge in [-0.3, -0.25) is 0 Å². The molecule has 0 aliphatic heterocycles. The van der Waals surface area contributed by atoms with Crippen molar-refractivity contribution in [2.45, 2.75) is 13.5 Å². The van der Waals surface area contributed by atoms with Crippen LogP contribution in [0.3, 0.4) is 0 Å². The number of hydrogen-bond acceptors (Lipinski definition) is 3. The second-order valence-corrected chi connectivity index (χ2v) is 3.64. The van der Waals surface area contributed by atoms with E-state index in [0.29, 0.717) is 24.2 Å². The Hall–Kier alpha value is -2.12. The van der Waals surface area contributed by atoms with Gasteiger partial charge in [0, 0.05) is 18.7 Å². The molecule has 4 heteroatoms. The van der Waals surface area contributed by atoms with Gasteiger partial charge in [-0.15, -0.1) is 0 Å². The molecule has 0 spiro atoms. The monoisotopic (exact) mass is 230 g/mol. The first-order valence-corrected chi connectivity index (χ1v) is 5.23. The van der Waals surface area contributed by atoms with Crippen molar-refractivity contribution in [2.24, 2.45) is 0 Å². The van der Waals surface area contributed by atoms with Crippen LogP contribution in [0.5, 0.6) is 0 Å². The number of carboxylic acid groups (broad SMARTS) is 1. The fourth-order valence-electron chi connectivity index (χ4n) is 1.28. The van der Waals surface area contributed by atoms with E-state index >= 15 is 0 Å². The first-order valence-electron chi connectivity index (χ1n) is 5.23. The summed E-state index contributed by atoms with van der Waals surface area (Å²) in [5.74, 6) is -0.904. The van der Waals surface area contributed by atoms with Crippen molar-refractivity contribution in [3.63, 3.8) is 0 Å². The van der Waals surface area contributed by atoms with Crippen molar-refractivity contribution in [3.8, 4) is 6.07 Å². The van der Waals surface area contributed by atoms with Gasteiger partial charge in [-0.2, -0.15) is 5.26 Å². The zero-order valence-corrected chi connectivity index (χ0v) is 9.60. The number of hydrogen-bond donors (Lipinski definition) is 2. The molecule has 0 bridgehead atoms. The molecule has 0 amide bonds. The molecule has 2 N–H and O–H groups in total. The third kappa shape index (κ3) is 4.49. The van der Waals surface area contributed by atoms with E-state index in [-0.39, 0.29) is 0 Å². The van der Waals surface area contributed by atoms with Gasteiger partial charge in [0.15, 0.2) is 0 Å². The Balaban J connectivity index is 2.44. The Labute approximate surface area is 100 Å². The molecule has 1 rings (SSSR count). The summed E-state index contributed by atoms with van der Waals surface area (Å²) in [6, 6.07) is 9.37. The van der Waals surface area contributed by atoms with E-state index in [4.69, 9.17) is 10.4 Å². The molecule has 1 aromatic rings. The first-order chi connectivity index (χ1) is 8.13. The number of nitriles is 1. The number of nitrogens with zero attached hydrogens (tertiary/aromatic N) is 1. The predicted octanol–water partition coefficient (Wildman–Crippen LogP) is 1.68. The van der Waals surface area contributed by atoms with Crippen molar-refractivity contribution in [2.75, 3.05) is 6.54 Å². The molecule has 0 saturated carbocycles. The molecule has 0 radical (unpaired) electrons. The third-order valence-corrected chi connectivity index (χ3v) is 2.28. The minimum Gasteiger partial charge on any atom is -0.478 e. The second-order valence-electron chi connectivity index (χ2n) is 3.64. The maximum absolute atomic E-state index is 10.5. The van der Waals surface area contributed by atoms with Gasteiger partial charge in [-0.25, -0.2) is 4.79 Å². The number of carboxylic acids is 1. The Bertz CT molecular complexity index is 473. The third-order valence-electron chi connectivity index (χ3n) is 2.28. The normalized spacial score (nSPS) is 10.9. The number of nitrogens with one attached hydrogen (secondary N) is 1. The summed E-state index contributed by atoms with van der Waals surface area (Å²) >= 11 is 0. The summed E-state index contributed by atoms with van der Waals surface area (Å²) in [5.41, 5.74) is 1.95. The van der Waals surface area contributed by atoms with Crippen LogP contribution >= 0.6 is 0 Å². The van der Waals surface area contributed by atoms with Crippen molar-refractivity contribution >= 4 is 5.97 Å². The van der Waals surface area contributed by atoms with E-state index in [1.807, 2.05) is 12.1 Å². The minimum absolute atomic E-state index is 0.322. The van der Waals surface area contributed by atoms with Crippen molar-refractivity contribution in [1.82, 2.24) is 5.32 Å². The van der Waals surface area contributed by atoms with Crippen LogP contribution in [0.1, 0.15) is 18.1 Å². The van der Waals surface area contributed by atoms with Gasteiger partial charge < -0.3 is 10.4 Å². The number of benzene rings is 1. The molecular weight excluding hydrogens is 216 g/mol. The van der Waals surface area contributed by atoms with Gasteiger partial charge >= 0.3 is 5.97 Å². The van der Waals surface area contributed by atoms with Crippen LogP contribution in [-0.2, 0) is 11.3 Å². The minimum atomic E-state index is -0.904. The fourth-order valence-corrected chi connectivity index (χ4v) is 1.28. The van der Waals surface area contributed by atoms with E-state index in [0.717, 1.165) is 5.56 Å². The predicted molar refractivity (Wildman–Crippen MR) is 64.3 cm³/mol. The summed E-state index contributed by atoms with van der Waals surface area (Å²) < 4.78 is 0. The van der Waals surface area contributed by atoms with Crippen LogP contribution < -0.4 is 5.32 Å². The van der Waals surface area contributed by atoms with Gasteiger partial charge in [-0.05, 0) is 24.6 Å². The van der Waals surface area contributed by atoms with Crippen molar-refractivity contribution < 1.29 is 9.90 Å². The highest BCUT2D eigenvalue weighted by Crippen LogP contribution is 2.03. The highest BCUT2D eigenvalue weighted by Gasteiger charge is 1.98. The van der Waals surface area contributed by atoms with Crippen LogP contribution in [0.25, 0.3) is 0 Å². The van der Waals surface area contributed by atoms with E-state index in [1.54, 1.807) is 25.1 Å². The molecule has 88 valence electrons. The van der Waals surface area contributed by atoms with Gasteiger partial charge in [0.1, 0.15) is 0 Å². The summed E-state index contributed by atoms with van der Waals surface area (Å²) in [6.07, 6.45) is 1.62. The molecule has 0 aliphatic carbocycles. The molecule has 4 nitrogen and oxygen atoms in total. The largest absolute Gasteiger partial charge is 0.478 e. The molecule has 0 aromatic heterocycles. The number of aliphatic carboxylic acids is 1. The zero-order valence-electron chi connectivity index (χ0n) is 9.60. The second kappa shape index (κ2) is 6.46. The average Bonchev–Trinajstić information content (AvgIpc) is 2.34. The molecule has 0 aliphatic rings. The maximum atomic E-state index is 10.5. The van der Waals surface area contributed by atoms with Crippen LogP contribution in [0.15, 0.2) is 35.9 Å². The SMILES string of the molecule is C/C(=C/CNCc1cccc(C#N)c1)C(=O)O. The molecule has 0 unspecified atom stereocenters. The molecule has 0 atom stereocenters. The van der Waals surface area contributed by atoms with E-state index < -0.39 is 5.97 Å². The highest BCUT2D eigenvalue weighted by molar-refractivity contribution is 5.85. The highest BCUT2D eigenvalue weighted by atomic mass is 16.4. The lowest BCUT2D eigenvalue weighted by atomic mass is 10.1. The average molecular weight is 230 g/mol. The van der Waals surface area contributed by atoms with Crippen LogP contribution in [-0.4, -0.2) is 17.6 Å². The molecule has 0 fully saturated rings. The standard InChI is InChI=1S/C13H14N2O2/c1-10(13(16)17)5-6-15-9-12-4-2-3-11(7-12)8-14/h2-5,7,15H,6,9H2,1H3,(H,16,17)/b10-5-. The summed E-state index contributed by atoms with van der Waals surface area (Å²) in [7, 11) is 0.